The van der Waals surface area contributed by atoms with Gasteiger partial charge in [0.15, 0.2) is 11.5 Å². The number of nitrogens with one attached hydrogen (secondary N) is 1. The molecule has 1 aliphatic heterocycles. The summed E-state index contributed by atoms with van der Waals surface area (Å²) in [6.07, 6.45) is 4.73. The van der Waals surface area contributed by atoms with Crippen LogP contribution in [0.25, 0.3) is 6.08 Å². The van der Waals surface area contributed by atoms with Crippen molar-refractivity contribution in [2.45, 2.75) is 32.0 Å². The molecule has 0 bridgehead atoms. The summed E-state index contributed by atoms with van der Waals surface area (Å²) in [7, 11) is 1.59. The Balaban J connectivity index is 1.35. The third kappa shape index (κ3) is 6.51. The van der Waals surface area contributed by atoms with Gasteiger partial charge in [-0.05, 0) is 47.7 Å². The van der Waals surface area contributed by atoms with E-state index in [9.17, 15) is 9.59 Å². The molecule has 1 saturated heterocycles. The molecule has 4 rings (SSSR count). The summed E-state index contributed by atoms with van der Waals surface area (Å²) in [6.45, 7) is 1.46. The molecule has 1 heterocycles. The maximum atomic E-state index is 12.9. The van der Waals surface area contributed by atoms with Crippen LogP contribution in [0, 0.1) is 0 Å². The Morgan fingerprint density at radius 3 is 2.40 bits per heavy atom. The highest BCUT2D eigenvalue weighted by Crippen LogP contribution is 2.29. The summed E-state index contributed by atoms with van der Waals surface area (Å²) >= 11 is 0. The maximum absolute atomic E-state index is 12.9. The number of rotatable bonds is 9. The average molecular weight is 471 g/mol. The summed E-state index contributed by atoms with van der Waals surface area (Å²) in [5, 5.41) is 2.96. The van der Waals surface area contributed by atoms with Gasteiger partial charge < -0.3 is 19.7 Å². The van der Waals surface area contributed by atoms with E-state index >= 15 is 0 Å². The van der Waals surface area contributed by atoms with Crippen molar-refractivity contribution < 1.29 is 19.1 Å². The highest BCUT2D eigenvalue weighted by molar-refractivity contribution is 5.96. The quantitative estimate of drug-likeness (QED) is 0.465. The van der Waals surface area contributed by atoms with Crippen LogP contribution in [0.2, 0.25) is 0 Å². The van der Waals surface area contributed by atoms with E-state index < -0.39 is 6.04 Å². The highest BCUT2D eigenvalue weighted by atomic mass is 16.5. The van der Waals surface area contributed by atoms with Crippen LogP contribution >= 0.6 is 0 Å². The summed E-state index contributed by atoms with van der Waals surface area (Å²) in [5.41, 5.74) is 2.91. The Morgan fingerprint density at radius 1 is 0.971 bits per heavy atom. The molecule has 1 N–H and O–H groups in total. The fraction of sp³-hybridized carbons (Fsp3) is 0.241. The topological polar surface area (TPSA) is 67.9 Å². The lowest BCUT2D eigenvalue weighted by molar-refractivity contribution is -0.135. The molecule has 6 heteroatoms. The summed E-state index contributed by atoms with van der Waals surface area (Å²) in [6, 6.07) is 24.8. The standard InChI is InChI=1S/C29H30N2O4/c1-34-27-19-22(14-16-26(27)35-21-24-11-6-3-7-12-24)15-17-28(32)31-18-8-13-25(31)29(33)30-20-23-9-4-2-5-10-23/h2-7,9-12,14-17,19,25H,8,13,18,20-21H2,1H3,(H,30,33)/b17-15+/t25-/m0/s1. The lowest BCUT2D eigenvalue weighted by Crippen LogP contribution is -2.45. The Bertz CT molecular complexity index is 1160. The van der Waals surface area contributed by atoms with E-state index in [1.165, 1.54) is 6.08 Å². The second-order valence-corrected chi connectivity index (χ2v) is 8.41. The van der Waals surface area contributed by atoms with Crippen LogP contribution in [0.1, 0.15) is 29.5 Å². The van der Waals surface area contributed by atoms with Crippen LogP contribution < -0.4 is 14.8 Å². The molecule has 35 heavy (non-hydrogen) atoms. The SMILES string of the molecule is COc1cc(/C=C/C(=O)N2CCC[C@H]2C(=O)NCc2ccccc2)ccc1OCc1ccccc1. The molecule has 2 amide bonds. The molecule has 0 radical (unpaired) electrons. The highest BCUT2D eigenvalue weighted by Gasteiger charge is 2.32. The van der Waals surface area contributed by atoms with E-state index in [1.807, 2.05) is 78.9 Å². The zero-order valence-electron chi connectivity index (χ0n) is 19.9. The van der Waals surface area contributed by atoms with E-state index in [1.54, 1.807) is 18.1 Å². The van der Waals surface area contributed by atoms with E-state index in [2.05, 4.69) is 5.32 Å². The van der Waals surface area contributed by atoms with Gasteiger partial charge >= 0.3 is 0 Å². The van der Waals surface area contributed by atoms with Gasteiger partial charge in [0.05, 0.1) is 7.11 Å². The van der Waals surface area contributed by atoms with Crippen LogP contribution in [0.15, 0.2) is 84.9 Å². The number of carbonyl (C=O) groups is 2. The van der Waals surface area contributed by atoms with Crippen molar-refractivity contribution in [3.05, 3.63) is 102 Å². The van der Waals surface area contributed by atoms with E-state index in [4.69, 9.17) is 9.47 Å². The number of benzene rings is 3. The molecular formula is C29H30N2O4. The van der Waals surface area contributed by atoms with Gasteiger partial charge in [0.1, 0.15) is 12.6 Å². The molecule has 0 aromatic heterocycles. The predicted octanol–water partition coefficient (Wildman–Crippen LogP) is 4.59. The predicted molar refractivity (Wildman–Crippen MR) is 136 cm³/mol. The largest absolute Gasteiger partial charge is 0.493 e. The van der Waals surface area contributed by atoms with Crippen LogP contribution in [-0.4, -0.2) is 36.4 Å². The van der Waals surface area contributed by atoms with Crippen LogP contribution in [-0.2, 0) is 22.7 Å². The number of carbonyl (C=O) groups excluding carboxylic acids is 2. The Labute approximate surface area is 206 Å². The third-order valence-corrected chi connectivity index (χ3v) is 5.99. The molecule has 1 aliphatic rings. The normalized spacial score (nSPS) is 15.2. The molecule has 0 aliphatic carbocycles. The van der Waals surface area contributed by atoms with Crippen LogP contribution in [0.4, 0.5) is 0 Å². The molecule has 3 aromatic rings. The molecule has 3 aromatic carbocycles. The number of amides is 2. The summed E-state index contributed by atoms with van der Waals surface area (Å²) < 4.78 is 11.4. The molecule has 1 atom stereocenters. The number of hydrogen-bond donors (Lipinski definition) is 1. The van der Waals surface area contributed by atoms with Crippen molar-refractivity contribution in [1.29, 1.82) is 0 Å². The molecule has 0 saturated carbocycles. The van der Waals surface area contributed by atoms with Crippen molar-refractivity contribution in [3.63, 3.8) is 0 Å². The van der Waals surface area contributed by atoms with E-state index in [0.717, 1.165) is 23.1 Å². The zero-order chi connectivity index (χ0) is 24.5. The molecule has 1 fully saturated rings. The lowest BCUT2D eigenvalue weighted by Gasteiger charge is -2.22. The fourth-order valence-electron chi connectivity index (χ4n) is 4.11. The number of nitrogens with zero attached hydrogens (tertiary/aromatic N) is 1. The van der Waals surface area contributed by atoms with Crippen LogP contribution in [0.5, 0.6) is 11.5 Å². The maximum Gasteiger partial charge on any atom is 0.247 e. The Hall–Kier alpha value is -4.06. The second-order valence-electron chi connectivity index (χ2n) is 8.41. The number of hydrogen-bond acceptors (Lipinski definition) is 4. The number of likely N-dealkylation sites (tertiary alicyclic amines) is 1. The molecular weight excluding hydrogens is 440 g/mol. The second kappa shape index (κ2) is 11.9. The first-order valence-corrected chi connectivity index (χ1v) is 11.8. The summed E-state index contributed by atoms with van der Waals surface area (Å²) in [4.78, 5) is 27.3. The van der Waals surface area contributed by atoms with Crippen molar-refractivity contribution in [3.8, 4) is 11.5 Å². The third-order valence-electron chi connectivity index (χ3n) is 5.99. The van der Waals surface area contributed by atoms with Crippen molar-refractivity contribution in [2.24, 2.45) is 0 Å². The minimum Gasteiger partial charge on any atom is -0.493 e. The van der Waals surface area contributed by atoms with Gasteiger partial charge in [-0.3, -0.25) is 9.59 Å². The smallest absolute Gasteiger partial charge is 0.247 e. The number of methoxy groups -OCH3 is 1. The zero-order valence-corrected chi connectivity index (χ0v) is 19.9. The first-order chi connectivity index (χ1) is 17.1. The monoisotopic (exact) mass is 470 g/mol. The van der Waals surface area contributed by atoms with Gasteiger partial charge in [-0.25, -0.2) is 0 Å². The van der Waals surface area contributed by atoms with Gasteiger partial charge in [0.25, 0.3) is 0 Å². The Kier molecular flexibility index (Phi) is 8.17. The van der Waals surface area contributed by atoms with Crippen molar-refractivity contribution >= 4 is 17.9 Å². The molecule has 180 valence electrons. The van der Waals surface area contributed by atoms with Gasteiger partial charge in [-0.2, -0.15) is 0 Å². The van der Waals surface area contributed by atoms with Crippen LogP contribution in [0.3, 0.4) is 0 Å². The number of ether oxygens (including phenoxy) is 2. The van der Waals surface area contributed by atoms with Gasteiger partial charge in [-0.15, -0.1) is 0 Å². The molecule has 0 spiro atoms. The van der Waals surface area contributed by atoms with Crippen molar-refractivity contribution in [2.75, 3.05) is 13.7 Å². The summed E-state index contributed by atoms with van der Waals surface area (Å²) in [5.74, 6) is 0.935. The molecule has 6 nitrogen and oxygen atoms in total. The van der Waals surface area contributed by atoms with Gasteiger partial charge in [-0.1, -0.05) is 66.7 Å². The van der Waals surface area contributed by atoms with Gasteiger partial charge in [0, 0.05) is 19.2 Å². The van der Waals surface area contributed by atoms with Crippen molar-refractivity contribution in [1.82, 2.24) is 10.2 Å². The molecule has 0 unspecified atom stereocenters. The first-order valence-electron chi connectivity index (χ1n) is 11.8. The van der Waals surface area contributed by atoms with E-state index in [0.29, 0.717) is 37.6 Å². The van der Waals surface area contributed by atoms with Gasteiger partial charge in [0.2, 0.25) is 11.8 Å². The minimum absolute atomic E-state index is 0.116. The lowest BCUT2D eigenvalue weighted by atomic mass is 10.1. The first kappa shape index (κ1) is 24.1. The fourth-order valence-corrected chi connectivity index (χ4v) is 4.11. The minimum atomic E-state index is -0.445. The Morgan fingerprint density at radius 2 is 1.69 bits per heavy atom. The van der Waals surface area contributed by atoms with E-state index in [-0.39, 0.29) is 11.8 Å². The average Bonchev–Trinajstić information content (AvgIpc) is 3.41.